The molecule has 0 amide bonds. The molecule has 2 aromatic heterocycles. The van der Waals surface area contributed by atoms with Crippen LogP contribution in [0.3, 0.4) is 0 Å². The van der Waals surface area contributed by atoms with E-state index < -0.39 is 11.2 Å². The monoisotopic (exact) mass is 296 g/mol. The van der Waals surface area contributed by atoms with Gasteiger partial charge >= 0.3 is 5.69 Å². The van der Waals surface area contributed by atoms with E-state index in [4.69, 9.17) is 0 Å². The van der Waals surface area contributed by atoms with E-state index in [1.54, 1.807) is 12.3 Å². The number of nitrogens with one attached hydrogen (secondary N) is 2. The summed E-state index contributed by atoms with van der Waals surface area (Å²) in [5.74, 6) is 0.165. The van der Waals surface area contributed by atoms with Crippen LogP contribution in [0.4, 0.5) is 11.5 Å². The minimum absolute atomic E-state index is 0.114. The van der Waals surface area contributed by atoms with E-state index in [1.165, 1.54) is 18.7 Å². The normalized spacial score (nSPS) is 10.6. The lowest BCUT2D eigenvalue weighted by atomic mass is 10.2. The zero-order chi connectivity index (χ0) is 15.9. The van der Waals surface area contributed by atoms with Crippen LogP contribution in [0.15, 0.2) is 34.0 Å². The van der Waals surface area contributed by atoms with Gasteiger partial charge in [-0.15, -0.1) is 0 Å². The Balaban J connectivity index is 2.18. The van der Waals surface area contributed by atoms with Gasteiger partial charge in [-0.3, -0.25) is 19.0 Å². The van der Waals surface area contributed by atoms with Gasteiger partial charge in [0.2, 0.25) is 0 Å². The van der Waals surface area contributed by atoms with Crippen LogP contribution in [-0.2, 0) is 14.1 Å². The van der Waals surface area contributed by atoms with Gasteiger partial charge in [0.1, 0.15) is 11.9 Å². The van der Waals surface area contributed by atoms with E-state index in [0.717, 1.165) is 15.5 Å². The summed E-state index contributed by atoms with van der Waals surface area (Å²) in [5, 5.41) is 19.8. The van der Waals surface area contributed by atoms with Gasteiger partial charge in [0.25, 0.3) is 5.56 Å². The third-order valence-corrected chi connectivity index (χ3v) is 3.48. The standard InChI is InChI=1S/C14H12N6O2/c1-19-12(10(6-15)13(21)20(2)14(19)22)17-9-3-4-11-8(5-9)7-16-18-11/h3-5,7,17H,1-2H3,(H,16,18). The quantitative estimate of drug-likeness (QED) is 0.719. The molecule has 2 heterocycles. The summed E-state index contributed by atoms with van der Waals surface area (Å²) in [6, 6.07) is 7.24. The Kier molecular flexibility index (Phi) is 3.03. The maximum atomic E-state index is 12.0. The summed E-state index contributed by atoms with van der Waals surface area (Å²) in [6.07, 6.45) is 1.66. The van der Waals surface area contributed by atoms with Crippen molar-refractivity contribution >= 4 is 22.4 Å². The second-order valence-corrected chi connectivity index (χ2v) is 4.84. The lowest BCUT2D eigenvalue weighted by Crippen LogP contribution is -2.39. The number of hydrogen-bond acceptors (Lipinski definition) is 5. The number of rotatable bonds is 2. The molecule has 8 nitrogen and oxygen atoms in total. The fourth-order valence-electron chi connectivity index (χ4n) is 2.25. The third kappa shape index (κ3) is 1.96. The highest BCUT2D eigenvalue weighted by molar-refractivity contribution is 5.83. The highest BCUT2D eigenvalue weighted by Gasteiger charge is 2.15. The van der Waals surface area contributed by atoms with Gasteiger partial charge in [-0.1, -0.05) is 0 Å². The molecule has 0 bridgehead atoms. The average Bonchev–Trinajstić information content (AvgIpc) is 2.98. The first-order valence-electron chi connectivity index (χ1n) is 6.43. The van der Waals surface area contributed by atoms with E-state index in [2.05, 4.69) is 15.5 Å². The van der Waals surface area contributed by atoms with Gasteiger partial charge in [0.05, 0.1) is 11.7 Å². The smallest absolute Gasteiger partial charge is 0.332 e. The molecule has 0 aliphatic carbocycles. The second kappa shape index (κ2) is 4.89. The van der Waals surface area contributed by atoms with Crippen LogP contribution in [0.5, 0.6) is 0 Å². The van der Waals surface area contributed by atoms with E-state index in [-0.39, 0.29) is 11.4 Å². The molecule has 0 fully saturated rings. The third-order valence-electron chi connectivity index (χ3n) is 3.48. The number of nitriles is 1. The highest BCUT2D eigenvalue weighted by atomic mass is 16.2. The van der Waals surface area contributed by atoms with E-state index in [0.29, 0.717) is 5.69 Å². The van der Waals surface area contributed by atoms with Crippen molar-refractivity contribution in [2.24, 2.45) is 14.1 Å². The molecule has 3 aromatic rings. The van der Waals surface area contributed by atoms with Gasteiger partial charge in [-0.2, -0.15) is 10.4 Å². The molecule has 8 heteroatoms. The van der Waals surface area contributed by atoms with Gasteiger partial charge in [-0.25, -0.2) is 4.79 Å². The molecule has 0 aliphatic rings. The number of nitrogens with zero attached hydrogens (tertiary/aromatic N) is 4. The molecule has 0 atom stereocenters. The fraction of sp³-hybridized carbons (Fsp3) is 0.143. The Morgan fingerprint density at radius 1 is 1.27 bits per heavy atom. The van der Waals surface area contributed by atoms with Crippen LogP contribution in [0, 0.1) is 11.3 Å². The summed E-state index contributed by atoms with van der Waals surface area (Å²) in [4.78, 5) is 24.0. The number of H-pyrrole nitrogens is 1. The number of benzene rings is 1. The largest absolute Gasteiger partial charge is 0.340 e. The maximum Gasteiger partial charge on any atom is 0.332 e. The molecule has 1 aromatic carbocycles. The summed E-state index contributed by atoms with van der Waals surface area (Å²) < 4.78 is 2.14. The zero-order valence-electron chi connectivity index (χ0n) is 11.9. The molecule has 0 unspecified atom stereocenters. The Morgan fingerprint density at radius 2 is 2.05 bits per heavy atom. The maximum absolute atomic E-state index is 12.0. The molecular weight excluding hydrogens is 284 g/mol. The van der Waals surface area contributed by atoms with Crippen LogP contribution >= 0.6 is 0 Å². The van der Waals surface area contributed by atoms with Crippen LogP contribution in [0.25, 0.3) is 10.9 Å². The molecule has 3 rings (SSSR count). The van der Waals surface area contributed by atoms with E-state index in [9.17, 15) is 14.9 Å². The summed E-state index contributed by atoms with van der Waals surface area (Å²) >= 11 is 0. The number of hydrogen-bond donors (Lipinski definition) is 2. The first kappa shape index (κ1) is 13.6. The van der Waals surface area contributed by atoms with Crippen molar-refractivity contribution in [1.82, 2.24) is 19.3 Å². The molecule has 2 N–H and O–H groups in total. The molecule has 110 valence electrons. The molecule has 0 saturated heterocycles. The Morgan fingerprint density at radius 3 is 2.77 bits per heavy atom. The first-order valence-corrected chi connectivity index (χ1v) is 6.43. The minimum Gasteiger partial charge on any atom is -0.340 e. The Labute approximate surface area is 124 Å². The Hall–Kier alpha value is -3.34. The molecular formula is C14H12N6O2. The van der Waals surface area contributed by atoms with Crippen LogP contribution in [0.2, 0.25) is 0 Å². The minimum atomic E-state index is -0.627. The van der Waals surface area contributed by atoms with Crippen LogP contribution in [-0.4, -0.2) is 19.3 Å². The molecule has 0 spiro atoms. The number of aromatic amines is 1. The lowest BCUT2D eigenvalue weighted by Gasteiger charge is -2.13. The van der Waals surface area contributed by atoms with Gasteiger partial charge in [0.15, 0.2) is 5.56 Å². The lowest BCUT2D eigenvalue weighted by molar-refractivity contribution is 0.689. The number of anilines is 2. The predicted molar refractivity (Wildman–Crippen MR) is 81.0 cm³/mol. The van der Waals surface area contributed by atoms with Crippen molar-refractivity contribution in [3.05, 3.63) is 50.8 Å². The van der Waals surface area contributed by atoms with Crippen LogP contribution in [0.1, 0.15) is 5.56 Å². The fourth-order valence-corrected chi connectivity index (χ4v) is 2.25. The van der Waals surface area contributed by atoms with Crippen molar-refractivity contribution in [3.8, 4) is 6.07 Å². The highest BCUT2D eigenvalue weighted by Crippen LogP contribution is 2.21. The van der Waals surface area contributed by atoms with Crippen molar-refractivity contribution in [2.45, 2.75) is 0 Å². The SMILES string of the molecule is Cn1c(Nc2ccc3[nH]ncc3c2)c(C#N)c(=O)n(C)c1=O. The van der Waals surface area contributed by atoms with Crippen molar-refractivity contribution < 1.29 is 0 Å². The second-order valence-electron chi connectivity index (χ2n) is 4.84. The van der Waals surface area contributed by atoms with Gasteiger partial charge < -0.3 is 5.32 Å². The number of aromatic nitrogens is 4. The molecule has 0 radical (unpaired) electrons. The van der Waals surface area contributed by atoms with Crippen molar-refractivity contribution in [2.75, 3.05) is 5.32 Å². The summed E-state index contributed by atoms with van der Waals surface area (Å²) in [5.41, 5.74) is 0.267. The topological polar surface area (TPSA) is 108 Å². The summed E-state index contributed by atoms with van der Waals surface area (Å²) in [7, 11) is 2.84. The van der Waals surface area contributed by atoms with Gasteiger partial charge in [-0.05, 0) is 18.2 Å². The predicted octanol–water partition coefficient (Wildman–Crippen LogP) is 0.576. The molecule has 0 saturated carbocycles. The van der Waals surface area contributed by atoms with E-state index in [1.807, 2.05) is 18.2 Å². The zero-order valence-corrected chi connectivity index (χ0v) is 11.9. The van der Waals surface area contributed by atoms with Crippen LogP contribution < -0.4 is 16.6 Å². The van der Waals surface area contributed by atoms with E-state index >= 15 is 0 Å². The summed E-state index contributed by atoms with van der Waals surface area (Å²) in [6.45, 7) is 0. The number of fused-ring (bicyclic) bond motifs is 1. The molecule has 0 aliphatic heterocycles. The molecule has 22 heavy (non-hydrogen) atoms. The van der Waals surface area contributed by atoms with Crippen molar-refractivity contribution in [3.63, 3.8) is 0 Å². The van der Waals surface area contributed by atoms with Crippen molar-refractivity contribution in [1.29, 1.82) is 5.26 Å². The van der Waals surface area contributed by atoms with Gasteiger partial charge in [0, 0.05) is 25.2 Å². The first-order chi connectivity index (χ1) is 10.5. The Bertz CT molecular complexity index is 1030. The average molecular weight is 296 g/mol.